The highest BCUT2D eigenvalue weighted by Crippen LogP contribution is 2.24. The molecule has 2 aromatic heterocycles. The lowest BCUT2D eigenvalue weighted by Gasteiger charge is -2.46. The second-order valence-electron chi connectivity index (χ2n) is 7.24. The third-order valence-corrected chi connectivity index (χ3v) is 5.72. The number of aromatic nitrogens is 2. The van der Waals surface area contributed by atoms with E-state index in [1.807, 2.05) is 12.3 Å². The van der Waals surface area contributed by atoms with E-state index in [0.29, 0.717) is 23.6 Å². The number of ether oxygens (including phenoxy) is 1. The standard InChI is InChI=1S/C19H24BrN5O2/c1-13-9-24(16-11-27-12-16)5-6-25(13)15-3-4-18(21-8-15)22-17-7-14(20)10-23(2)19(17)26/h3-4,7-8,10,13,16H,5-6,9,11-12H2,1-2H3,(H,21,22). The molecule has 4 rings (SSSR count). The van der Waals surface area contributed by atoms with Gasteiger partial charge in [-0.2, -0.15) is 0 Å². The van der Waals surface area contributed by atoms with Crippen LogP contribution in [0.15, 0.2) is 39.9 Å². The smallest absolute Gasteiger partial charge is 0.274 e. The van der Waals surface area contributed by atoms with Crippen LogP contribution < -0.4 is 15.8 Å². The Balaban J connectivity index is 1.44. The van der Waals surface area contributed by atoms with E-state index in [-0.39, 0.29) is 5.56 Å². The number of aryl methyl sites for hydroxylation is 1. The van der Waals surface area contributed by atoms with Gasteiger partial charge in [-0.05, 0) is 41.1 Å². The second kappa shape index (κ2) is 7.61. The van der Waals surface area contributed by atoms with Crippen LogP contribution in [0.3, 0.4) is 0 Å². The molecule has 7 nitrogen and oxygen atoms in total. The third kappa shape index (κ3) is 3.88. The zero-order valence-corrected chi connectivity index (χ0v) is 17.1. The van der Waals surface area contributed by atoms with Crippen molar-refractivity contribution in [1.82, 2.24) is 14.5 Å². The number of hydrogen-bond acceptors (Lipinski definition) is 6. The number of halogens is 1. The third-order valence-electron chi connectivity index (χ3n) is 5.29. The number of pyridine rings is 2. The fourth-order valence-corrected chi connectivity index (χ4v) is 4.20. The first-order chi connectivity index (χ1) is 13.0. The molecule has 1 atom stereocenters. The molecule has 0 bridgehead atoms. The summed E-state index contributed by atoms with van der Waals surface area (Å²) in [6.45, 7) is 7.06. The summed E-state index contributed by atoms with van der Waals surface area (Å²) < 4.78 is 7.70. The molecule has 0 spiro atoms. The van der Waals surface area contributed by atoms with Gasteiger partial charge < -0.3 is 19.5 Å². The first kappa shape index (κ1) is 18.5. The minimum atomic E-state index is -0.0891. The molecule has 0 aromatic carbocycles. The van der Waals surface area contributed by atoms with Crippen molar-refractivity contribution in [2.45, 2.75) is 19.0 Å². The van der Waals surface area contributed by atoms with Gasteiger partial charge in [0.25, 0.3) is 5.56 Å². The molecule has 4 heterocycles. The maximum atomic E-state index is 12.2. The zero-order chi connectivity index (χ0) is 19.0. The lowest BCUT2D eigenvalue weighted by Crippen LogP contribution is -2.59. The Labute approximate surface area is 167 Å². The van der Waals surface area contributed by atoms with Crippen LogP contribution in [-0.4, -0.2) is 59.4 Å². The number of hydrogen-bond donors (Lipinski definition) is 1. The maximum absolute atomic E-state index is 12.2. The van der Waals surface area contributed by atoms with Gasteiger partial charge in [0.05, 0.1) is 31.1 Å². The summed E-state index contributed by atoms with van der Waals surface area (Å²) in [6.07, 6.45) is 3.62. The van der Waals surface area contributed by atoms with Gasteiger partial charge in [0.2, 0.25) is 0 Å². The first-order valence-corrected chi connectivity index (χ1v) is 9.98. The topological polar surface area (TPSA) is 62.6 Å². The Kier molecular flexibility index (Phi) is 5.21. The number of nitrogens with zero attached hydrogens (tertiary/aromatic N) is 4. The molecule has 0 radical (unpaired) electrons. The molecule has 2 aromatic rings. The van der Waals surface area contributed by atoms with Crippen molar-refractivity contribution in [3.8, 4) is 0 Å². The molecule has 1 N–H and O–H groups in total. The highest BCUT2D eigenvalue weighted by Gasteiger charge is 2.32. The van der Waals surface area contributed by atoms with Crippen LogP contribution in [-0.2, 0) is 11.8 Å². The summed E-state index contributed by atoms with van der Waals surface area (Å²) in [6, 6.07) is 6.78. The van der Waals surface area contributed by atoms with E-state index >= 15 is 0 Å². The zero-order valence-electron chi connectivity index (χ0n) is 15.6. The van der Waals surface area contributed by atoms with Gasteiger partial charge in [0.1, 0.15) is 11.5 Å². The number of nitrogens with one attached hydrogen (secondary N) is 1. The Hall–Kier alpha value is -1.90. The first-order valence-electron chi connectivity index (χ1n) is 9.19. The highest BCUT2D eigenvalue weighted by atomic mass is 79.9. The molecule has 0 saturated carbocycles. The van der Waals surface area contributed by atoms with Crippen LogP contribution in [0.5, 0.6) is 0 Å². The minimum absolute atomic E-state index is 0.0891. The molecule has 2 saturated heterocycles. The van der Waals surface area contributed by atoms with Gasteiger partial charge in [0, 0.05) is 43.4 Å². The number of piperazine rings is 1. The van der Waals surface area contributed by atoms with E-state index in [9.17, 15) is 4.79 Å². The van der Waals surface area contributed by atoms with Crippen molar-refractivity contribution >= 4 is 33.1 Å². The number of rotatable bonds is 4. The fraction of sp³-hybridized carbons (Fsp3) is 0.474. The molecule has 8 heteroatoms. The van der Waals surface area contributed by atoms with Gasteiger partial charge in [-0.3, -0.25) is 9.69 Å². The molecular weight excluding hydrogens is 410 g/mol. The maximum Gasteiger partial charge on any atom is 0.274 e. The predicted octanol–water partition coefficient (Wildman–Crippen LogP) is 2.20. The molecule has 2 aliphatic rings. The largest absolute Gasteiger partial charge is 0.378 e. The van der Waals surface area contributed by atoms with Gasteiger partial charge in [-0.15, -0.1) is 0 Å². The molecule has 144 valence electrons. The molecule has 2 fully saturated rings. The van der Waals surface area contributed by atoms with Crippen molar-refractivity contribution < 1.29 is 4.74 Å². The number of anilines is 3. The van der Waals surface area contributed by atoms with Crippen LogP contribution in [0.25, 0.3) is 0 Å². The molecular formula is C19H24BrN5O2. The van der Waals surface area contributed by atoms with Crippen LogP contribution >= 0.6 is 15.9 Å². The summed E-state index contributed by atoms with van der Waals surface area (Å²) in [4.78, 5) is 21.7. The van der Waals surface area contributed by atoms with Gasteiger partial charge in [0.15, 0.2) is 0 Å². The van der Waals surface area contributed by atoms with Crippen molar-refractivity contribution in [2.75, 3.05) is 43.1 Å². The Morgan fingerprint density at radius 1 is 1.30 bits per heavy atom. The van der Waals surface area contributed by atoms with E-state index in [1.165, 1.54) is 4.57 Å². The molecule has 27 heavy (non-hydrogen) atoms. The van der Waals surface area contributed by atoms with E-state index in [1.54, 1.807) is 19.3 Å². The quantitative estimate of drug-likeness (QED) is 0.797. The highest BCUT2D eigenvalue weighted by molar-refractivity contribution is 9.10. The van der Waals surface area contributed by atoms with Gasteiger partial charge in [-0.25, -0.2) is 4.98 Å². The fourth-order valence-electron chi connectivity index (χ4n) is 3.66. The molecule has 2 aliphatic heterocycles. The van der Waals surface area contributed by atoms with Gasteiger partial charge >= 0.3 is 0 Å². The Morgan fingerprint density at radius 3 is 2.74 bits per heavy atom. The van der Waals surface area contributed by atoms with E-state index < -0.39 is 0 Å². The van der Waals surface area contributed by atoms with Crippen LogP contribution in [0, 0.1) is 0 Å². The van der Waals surface area contributed by atoms with Crippen molar-refractivity contribution in [2.24, 2.45) is 7.05 Å². The molecule has 0 amide bonds. The summed E-state index contributed by atoms with van der Waals surface area (Å²) in [5, 5.41) is 3.12. The molecule has 1 unspecified atom stereocenters. The summed E-state index contributed by atoms with van der Waals surface area (Å²) >= 11 is 3.42. The average Bonchev–Trinajstić information content (AvgIpc) is 2.59. The lowest BCUT2D eigenvalue weighted by atomic mass is 10.1. The lowest BCUT2D eigenvalue weighted by molar-refractivity contribution is -0.0691. The summed E-state index contributed by atoms with van der Waals surface area (Å²) in [7, 11) is 1.73. The normalized spacial score (nSPS) is 21.1. The summed E-state index contributed by atoms with van der Waals surface area (Å²) in [5.41, 5.74) is 1.52. The monoisotopic (exact) mass is 433 g/mol. The van der Waals surface area contributed by atoms with E-state index in [0.717, 1.165) is 43.0 Å². The predicted molar refractivity (Wildman–Crippen MR) is 110 cm³/mol. The van der Waals surface area contributed by atoms with Crippen LogP contribution in [0.4, 0.5) is 17.2 Å². The Bertz CT molecular complexity index is 865. The second-order valence-corrected chi connectivity index (χ2v) is 8.16. The van der Waals surface area contributed by atoms with Crippen LogP contribution in [0.2, 0.25) is 0 Å². The Morgan fingerprint density at radius 2 is 2.11 bits per heavy atom. The SMILES string of the molecule is CC1CN(C2COC2)CCN1c1ccc(Nc2cc(Br)cn(C)c2=O)nc1. The van der Waals surface area contributed by atoms with E-state index in [2.05, 4.69) is 49.0 Å². The summed E-state index contributed by atoms with van der Waals surface area (Å²) in [5.74, 6) is 0.659. The molecule has 0 aliphatic carbocycles. The van der Waals surface area contributed by atoms with Gasteiger partial charge in [-0.1, -0.05) is 0 Å². The van der Waals surface area contributed by atoms with Crippen LogP contribution in [0.1, 0.15) is 6.92 Å². The average molecular weight is 434 g/mol. The van der Waals surface area contributed by atoms with Crippen molar-refractivity contribution in [3.63, 3.8) is 0 Å². The van der Waals surface area contributed by atoms with Crippen molar-refractivity contribution in [3.05, 3.63) is 45.4 Å². The van der Waals surface area contributed by atoms with Crippen molar-refractivity contribution in [1.29, 1.82) is 0 Å². The van der Waals surface area contributed by atoms with E-state index in [4.69, 9.17) is 4.74 Å². The minimum Gasteiger partial charge on any atom is -0.378 e.